The number of benzene rings is 1. The van der Waals surface area contributed by atoms with E-state index in [2.05, 4.69) is 41.4 Å². The molecule has 0 spiro atoms. The van der Waals surface area contributed by atoms with Crippen LogP contribution < -0.4 is 10.2 Å². The van der Waals surface area contributed by atoms with Crippen molar-refractivity contribution in [3.05, 3.63) is 24.3 Å². The minimum atomic E-state index is -0.297. The molecule has 134 valence electrons. The van der Waals surface area contributed by atoms with E-state index in [9.17, 15) is 4.79 Å². The second kappa shape index (κ2) is 8.55. The molecular formula is C21H34N2O. The van der Waals surface area contributed by atoms with E-state index in [1.54, 1.807) is 0 Å². The van der Waals surface area contributed by atoms with Crippen molar-refractivity contribution in [2.45, 2.75) is 72.3 Å². The van der Waals surface area contributed by atoms with Crippen LogP contribution in [-0.2, 0) is 4.79 Å². The summed E-state index contributed by atoms with van der Waals surface area (Å²) in [4.78, 5) is 14.8. The second-order valence-electron chi connectivity index (χ2n) is 8.03. The van der Waals surface area contributed by atoms with Gasteiger partial charge >= 0.3 is 0 Å². The molecule has 2 rings (SSSR count). The minimum absolute atomic E-state index is 0.247. The lowest BCUT2D eigenvalue weighted by Gasteiger charge is -2.37. The molecule has 1 aromatic rings. The van der Waals surface area contributed by atoms with E-state index in [0.29, 0.717) is 12.6 Å². The Morgan fingerprint density at radius 1 is 1.17 bits per heavy atom. The van der Waals surface area contributed by atoms with Crippen LogP contribution in [0.15, 0.2) is 24.3 Å². The van der Waals surface area contributed by atoms with Crippen molar-refractivity contribution in [1.82, 2.24) is 0 Å². The number of carbonyl (C=O) groups is 1. The Morgan fingerprint density at radius 3 is 2.46 bits per heavy atom. The Hall–Kier alpha value is -1.51. The van der Waals surface area contributed by atoms with E-state index in [-0.39, 0.29) is 11.2 Å². The lowest BCUT2D eigenvalue weighted by atomic mass is 9.91. The quantitative estimate of drug-likeness (QED) is 0.740. The number of nitrogens with zero attached hydrogens (tertiary/aromatic N) is 1. The molecule has 1 fully saturated rings. The number of ketones is 1. The van der Waals surface area contributed by atoms with E-state index in [1.165, 1.54) is 37.8 Å². The molecule has 3 nitrogen and oxygen atoms in total. The summed E-state index contributed by atoms with van der Waals surface area (Å²) in [7, 11) is 0. The number of hydrogen-bond acceptors (Lipinski definition) is 3. The molecule has 24 heavy (non-hydrogen) atoms. The van der Waals surface area contributed by atoms with E-state index in [0.717, 1.165) is 18.7 Å². The van der Waals surface area contributed by atoms with Crippen molar-refractivity contribution in [3.8, 4) is 0 Å². The fourth-order valence-electron chi connectivity index (χ4n) is 3.45. The first-order valence-corrected chi connectivity index (χ1v) is 9.56. The molecule has 0 saturated heterocycles. The smallest absolute Gasteiger partial charge is 0.157 e. The van der Waals surface area contributed by atoms with Gasteiger partial charge in [-0.1, -0.05) is 59.1 Å². The normalized spacial score (nSPS) is 16.0. The van der Waals surface area contributed by atoms with Crippen molar-refractivity contribution in [3.63, 3.8) is 0 Å². The van der Waals surface area contributed by atoms with Crippen molar-refractivity contribution in [2.75, 3.05) is 23.3 Å². The summed E-state index contributed by atoms with van der Waals surface area (Å²) in [6.07, 6.45) is 7.76. The Morgan fingerprint density at radius 2 is 1.83 bits per heavy atom. The predicted octanol–water partition coefficient (Wildman–Crippen LogP) is 5.26. The Balaban J connectivity index is 2.16. The van der Waals surface area contributed by atoms with Crippen LogP contribution in [-0.4, -0.2) is 24.9 Å². The van der Waals surface area contributed by atoms with Gasteiger partial charge in [0.15, 0.2) is 5.78 Å². The van der Waals surface area contributed by atoms with Gasteiger partial charge in [0, 0.05) is 18.0 Å². The highest BCUT2D eigenvalue weighted by Gasteiger charge is 2.24. The molecule has 1 aliphatic rings. The Kier molecular flexibility index (Phi) is 6.70. The summed E-state index contributed by atoms with van der Waals surface area (Å²) in [6, 6.07) is 9.11. The van der Waals surface area contributed by atoms with Crippen molar-refractivity contribution >= 4 is 17.2 Å². The van der Waals surface area contributed by atoms with Crippen LogP contribution in [0.25, 0.3) is 0 Å². The zero-order chi connectivity index (χ0) is 17.6. The first-order chi connectivity index (χ1) is 11.4. The van der Waals surface area contributed by atoms with Gasteiger partial charge in [-0.3, -0.25) is 4.79 Å². The van der Waals surface area contributed by atoms with E-state index >= 15 is 0 Å². The number of Topliss-reactive ketones (excluding diaryl/α,β-unsaturated/α-hetero) is 1. The molecule has 1 aromatic carbocycles. The highest BCUT2D eigenvalue weighted by molar-refractivity contribution is 5.88. The predicted molar refractivity (Wildman–Crippen MR) is 104 cm³/mol. The first kappa shape index (κ1) is 18.8. The standard InChI is InChI=1S/C21H34N2O/c1-5-15-23(17-11-7-6-8-12-17)19-14-10-9-13-18(19)22-16-20(24)21(2,3)4/h9-10,13-14,17,22H,5-8,11-12,15-16H2,1-4H3. The number of carbonyl (C=O) groups excluding carboxylic acids is 1. The van der Waals surface area contributed by atoms with Gasteiger partial charge in [0.1, 0.15) is 0 Å². The maximum absolute atomic E-state index is 12.3. The number of anilines is 2. The van der Waals surface area contributed by atoms with Gasteiger partial charge < -0.3 is 10.2 Å². The van der Waals surface area contributed by atoms with Gasteiger partial charge in [0.05, 0.1) is 17.9 Å². The van der Waals surface area contributed by atoms with Gasteiger partial charge in [0.25, 0.3) is 0 Å². The van der Waals surface area contributed by atoms with Crippen LogP contribution in [0.2, 0.25) is 0 Å². The van der Waals surface area contributed by atoms with Crippen LogP contribution in [0.3, 0.4) is 0 Å². The SMILES string of the molecule is CCCN(c1ccccc1NCC(=O)C(C)(C)C)C1CCCCC1. The van der Waals surface area contributed by atoms with E-state index in [1.807, 2.05) is 20.8 Å². The lowest BCUT2D eigenvalue weighted by Crippen LogP contribution is -2.38. The average Bonchev–Trinajstić information content (AvgIpc) is 2.58. The first-order valence-electron chi connectivity index (χ1n) is 9.56. The number of rotatable bonds is 7. The average molecular weight is 331 g/mol. The number of nitrogens with one attached hydrogen (secondary N) is 1. The van der Waals surface area contributed by atoms with Crippen LogP contribution in [0, 0.1) is 5.41 Å². The Labute approximate surface area is 147 Å². The summed E-state index contributed by atoms with van der Waals surface area (Å²) >= 11 is 0. The van der Waals surface area contributed by atoms with Gasteiger partial charge in [-0.2, -0.15) is 0 Å². The van der Waals surface area contributed by atoms with Gasteiger partial charge in [0.2, 0.25) is 0 Å². The molecule has 0 heterocycles. The second-order valence-corrected chi connectivity index (χ2v) is 8.03. The summed E-state index contributed by atoms with van der Waals surface area (Å²) in [5.41, 5.74) is 2.05. The third-order valence-corrected chi connectivity index (χ3v) is 4.97. The molecule has 0 radical (unpaired) electrons. The van der Waals surface area contributed by atoms with Crippen LogP contribution >= 0.6 is 0 Å². The molecule has 0 atom stereocenters. The Bertz CT molecular complexity index is 527. The van der Waals surface area contributed by atoms with E-state index in [4.69, 9.17) is 0 Å². The summed E-state index contributed by atoms with van der Waals surface area (Å²) in [6.45, 7) is 9.66. The van der Waals surface area contributed by atoms with Crippen LogP contribution in [0.5, 0.6) is 0 Å². The van der Waals surface area contributed by atoms with Crippen LogP contribution in [0.1, 0.15) is 66.2 Å². The van der Waals surface area contributed by atoms with Gasteiger partial charge in [-0.05, 0) is 31.4 Å². The molecule has 0 amide bonds. The number of para-hydroxylation sites is 2. The lowest BCUT2D eigenvalue weighted by molar-refractivity contribution is -0.124. The molecule has 1 aliphatic carbocycles. The highest BCUT2D eigenvalue weighted by atomic mass is 16.1. The van der Waals surface area contributed by atoms with E-state index < -0.39 is 0 Å². The highest BCUT2D eigenvalue weighted by Crippen LogP contribution is 2.32. The maximum atomic E-state index is 12.3. The third-order valence-electron chi connectivity index (χ3n) is 4.97. The molecule has 3 heteroatoms. The zero-order valence-corrected chi connectivity index (χ0v) is 15.9. The summed E-state index contributed by atoms with van der Waals surface area (Å²) in [5, 5.41) is 3.41. The molecule has 0 aliphatic heterocycles. The van der Waals surface area contributed by atoms with Crippen LogP contribution in [0.4, 0.5) is 11.4 Å². The molecule has 0 aromatic heterocycles. The number of hydrogen-bond donors (Lipinski definition) is 1. The minimum Gasteiger partial charge on any atom is -0.376 e. The largest absolute Gasteiger partial charge is 0.376 e. The molecular weight excluding hydrogens is 296 g/mol. The third kappa shape index (κ3) is 4.99. The molecule has 1 saturated carbocycles. The van der Waals surface area contributed by atoms with Gasteiger partial charge in [-0.25, -0.2) is 0 Å². The molecule has 0 unspecified atom stereocenters. The molecule has 1 N–H and O–H groups in total. The monoisotopic (exact) mass is 330 g/mol. The fourth-order valence-corrected chi connectivity index (χ4v) is 3.45. The van der Waals surface area contributed by atoms with Crippen molar-refractivity contribution in [2.24, 2.45) is 5.41 Å². The van der Waals surface area contributed by atoms with Gasteiger partial charge in [-0.15, -0.1) is 0 Å². The summed E-state index contributed by atoms with van der Waals surface area (Å²) < 4.78 is 0. The summed E-state index contributed by atoms with van der Waals surface area (Å²) in [5.74, 6) is 0.247. The van der Waals surface area contributed by atoms with Crippen molar-refractivity contribution < 1.29 is 4.79 Å². The maximum Gasteiger partial charge on any atom is 0.157 e. The zero-order valence-electron chi connectivity index (χ0n) is 15.9. The molecule has 0 bridgehead atoms. The fraction of sp³-hybridized carbons (Fsp3) is 0.667. The topological polar surface area (TPSA) is 32.3 Å². The van der Waals surface area contributed by atoms with Crippen molar-refractivity contribution in [1.29, 1.82) is 0 Å².